The number of likely N-dealkylation sites (N-methyl/N-ethyl adjacent to an activating group) is 1. The maximum atomic E-state index is 5.97. The highest BCUT2D eigenvalue weighted by Gasteiger charge is 2.22. The largest absolute Gasteiger partial charge is 0.374 e. The molecule has 2 aromatic rings. The van der Waals surface area contributed by atoms with Gasteiger partial charge in [-0.25, -0.2) is 0 Å². The number of rotatable bonds is 6. The van der Waals surface area contributed by atoms with Gasteiger partial charge in [-0.2, -0.15) is 0 Å². The van der Waals surface area contributed by atoms with Crippen LogP contribution in [0, 0.1) is 13.8 Å². The van der Waals surface area contributed by atoms with Crippen LogP contribution in [0.5, 0.6) is 0 Å². The topological polar surface area (TPSA) is 41.7 Å². The summed E-state index contributed by atoms with van der Waals surface area (Å²) in [4.78, 5) is 4.77. The summed E-state index contributed by atoms with van der Waals surface area (Å²) in [5.74, 6) is 0.912. The van der Waals surface area contributed by atoms with Crippen molar-refractivity contribution in [3.8, 4) is 0 Å². The van der Waals surface area contributed by atoms with Crippen LogP contribution in [0.15, 0.2) is 34.9 Å². The second kappa shape index (κ2) is 7.92. The highest BCUT2D eigenvalue weighted by molar-refractivity contribution is 5.20. The van der Waals surface area contributed by atoms with Gasteiger partial charge in [-0.3, -0.25) is 9.80 Å². The van der Waals surface area contributed by atoms with E-state index in [-0.39, 0.29) is 6.10 Å². The monoisotopic (exact) mass is 329 g/mol. The van der Waals surface area contributed by atoms with Gasteiger partial charge in [0.1, 0.15) is 5.76 Å². The van der Waals surface area contributed by atoms with Gasteiger partial charge in [0, 0.05) is 38.3 Å². The summed E-state index contributed by atoms with van der Waals surface area (Å²) in [6.07, 6.45) is 0.243. The van der Waals surface area contributed by atoms with E-state index in [2.05, 4.69) is 52.3 Å². The highest BCUT2D eigenvalue weighted by atomic mass is 16.5. The van der Waals surface area contributed by atoms with Crippen LogP contribution in [0.3, 0.4) is 0 Å². The maximum Gasteiger partial charge on any atom is 0.138 e. The molecule has 0 bridgehead atoms. The van der Waals surface area contributed by atoms with E-state index in [0.29, 0.717) is 0 Å². The first-order valence-electron chi connectivity index (χ1n) is 8.60. The van der Waals surface area contributed by atoms with Crippen molar-refractivity contribution in [1.29, 1.82) is 0 Å². The minimum atomic E-state index is 0.243. The molecule has 1 aromatic carbocycles. The van der Waals surface area contributed by atoms with Crippen LogP contribution in [0.4, 0.5) is 0 Å². The predicted molar refractivity (Wildman–Crippen MR) is 93.8 cm³/mol. The first kappa shape index (κ1) is 17.1. The second-order valence-corrected chi connectivity index (χ2v) is 6.71. The Morgan fingerprint density at radius 2 is 2.04 bits per heavy atom. The summed E-state index contributed by atoms with van der Waals surface area (Å²) in [5, 5.41) is 4.03. The van der Waals surface area contributed by atoms with Crippen molar-refractivity contribution in [1.82, 2.24) is 15.0 Å². The third-order valence-electron chi connectivity index (χ3n) is 4.60. The number of aryl methyl sites for hydroxylation is 2. The molecule has 0 spiro atoms. The van der Waals surface area contributed by atoms with Crippen LogP contribution in [-0.4, -0.2) is 54.3 Å². The molecule has 1 fully saturated rings. The standard InChI is InChI=1S/C19H27N3O2/c1-15-19(16(2)24-20-15)14-21(3)12-18-13-22(9-10-23-18)11-17-7-5-4-6-8-17/h4-8,18H,9-14H2,1-3H3/t18-/m1/s1. The Morgan fingerprint density at radius 1 is 1.25 bits per heavy atom. The van der Waals surface area contributed by atoms with Crippen LogP contribution in [0.1, 0.15) is 22.6 Å². The summed E-state index contributed by atoms with van der Waals surface area (Å²) in [5.41, 5.74) is 3.53. The first-order valence-corrected chi connectivity index (χ1v) is 8.60. The SMILES string of the molecule is Cc1noc(C)c1CN(C)C[C@@H]1CN(Cc2ccccc2)CCO1. The zero-order chi connectivity index (χ0) is 16.9. The molecule has 1 aromatic heterocycles. The third kappa shape index (κ3) is 4.44. The quantitative estimate of drug-likeness (QED) is 0.815. The smallest absolute Gasteiger partial charge is 0.138 e. The van der Waals surface area contributed by atoms with E-state index in [1.807, 2.05) is 13.8 Å². The number of morpholine rings is 1. The van der Waals surface area contributed by atoms with E-state index in [1.54, 1.807) is 0 Å². The summed E-state index contributed by atoms with van der Waals surface area (Å²) >= 11 is 0. The fourth-order valence-corrected chi connectivity index (χ4v) is 3.29. The highest BCUT2D eigenvalue weighted by Crippen LogP contribution is 2.16. The molecule has 1 aliphatic rings. The normalized spacial score (nSPS) is 19.1. The van der Waals surface area contributed by atoms with Crippen molar-refractivity contribution in [3.63, 3.8) is 0 Å². The van der Waals surface area contributed by atoms with Crippen LogP contribution in [0.25, 0.3) is 0 Å². The third-order valence-corrected chi connectivity index (χ3v) is 4.60. The zero-order valence-electron chi connectivity index (χ0n) is 14.9. The lowest BCUT2D eigenvalue weighted by Gasteiger charge is -2.34. The number of benzene rings is 1. The molecule has 5 nitrogen and oxygen atoms in total. The van der Waals surface area contributed by atoms with Crippen LogP contribution in [0.2, 0.25) is 0 Å². The van der Waals surface area contributed by atoms with Crippen LogP contribution < -0.4 is 0 Å². The average molecular weight is 329 g/mol. The minimum absolute atomic E-state index is 0.243. The Labute approximate surface area is 144 Å². The average Bonchev–Trinajstić information content (AvgIpc) is 2.88. The number of nitrogens with zero attached hydrogens (tertiary/aromatic N) is 3. The van der Waals surface area contributed by atoms with E-state index >= 15 is 0 Å². The summed E-state index contributed by atoms with van der Waals surface area (Å²) in [6, 6.07) is 10.6. The van der Waals surface area contributed by atoms with Gasteiger partial charge in [-0.1, -0.05) is 35.5 Å². The Kier molecular flexibility index (Phi) is 5.66. The fraction of sp³-hybridized carbons (Fsp3) is 0.526. The Balaban J connectivity index is 1.51. The van der Waals surface area contributed by atoms with Gasteiger partial charge in [0.2, 0.25) is 0 Å². The lowest BCUT2D eigenvalue weighted by Crippen LogP contribution is -2.46. The molecule has 0 radical (unpaired) electrons. The van der Waals surface area contributed by atoms with Gasteiger partial charge in [0.25, 0.3) is 0 Å². The van der Waals surface area contributed by atoms with E-state index < -0.39 is 0 Å². The molecule has 0 aliphatic carbocycles. The minimum Gasteiger partial charge on any atom is -0.374 e. The fourth-order valence-electron chi connectivity index (χ4n) is 3.29. The summed E-state index contributed by atoms with van der Waals surface area (Å²) in [6.45, 7) is 9.50. The number of hydrogen-bond donors (Lipinski definition) is 0. The van der Waals surface area contributed by atoms with Gasteiger partial charge < -0.3 is 9.26 Å². The van der Waals surface area contributed by atoms with Gasteiger partial charge in [-0.05, 0) is 26.5 Å². The predicted octanol–water partition coefficient (Wildman–Crippen LogP) is 2.62. The van der Waals surface area contributed by atoms with Gasteiger partial charge in [0.05, 0.1) is 18.4 Å². The first-order chi connectivity index (χ1) is 11.6. The molecule has 1 atom stereocenters. The van der Waals surface area contributed by atoms with Crippen LogP contribution in [-0.2, 0) is 17.8 Å². The van der Waals surface area contributed by atoms with Crippen LogP contribution >= 0.6 is 0 Å². The Bertz CT molecular complexity index is 622. The van der Waals surface area contributed by atoms with Crippen molar-refractivity contribution in [3.05, 3.63) is 52.9 Å². The zero-order valence-corrected chi connectivity index (χ0v) is 14.9. The lowest BCUT2D eigenvalue weighted by atomic mass is 10.1. The van der Waals surface area contributed by atoms with Gasteiger partial charge in [0.15, 0.2) is 0 Å². The molecular weight excluding hydrogens is 302 g/mol. The molecule has 5 heteroatoms. The van der Waals surface area contributed by atoms with Crippen molar-refractivity contribution in [2.45, 2.75) is 33.0 Å². The van der Waals surface area contributed by atoms with E-state index in [0.717, 1.165) is 50.8 Å². The number of aromatic nitrogens is 1. The van der Waals surface area contributed by atoms with E-state index in [1.165, 1.54) is 11.1 Å². The van der Waals surface area contributed by atoms with Gasteiger partial charge in [-0.15, -0.1) is 0 Å². The molecule has 0 amide bonds. The molecule has 1 saturated heterocycles. The number of ether oxygens (including phenoxy) is 1. The van der Waals surface area contributed by atoms with Gasteiger partial charge >= 0.3 is 0 Å². The molecule has 24 heavy (non-hydrogen) atoms. The molecule has 1 aliphatic heterocycles. The summed E-state index contributed by atoms with van der Waals surface area (Å²) in [7, 11) is 2.13. The molecule has 3 rings (SSSR count). The molecular formula is C19H27N3O2. The lowest BCUT2D eigenvalue weighted by molar-refractivity contribution is -0.0439. The van der Waals surface area contributed by atoms with E-state index in [4.69, 9.17) is 9.26 Å². The summed E-state index contributed by atoms with van der Waals surface area (Å²) < 4.78 is 11.2. The maximum absolute atomic E-state index is 5.97. The van der Waals surface area contributed by atoms with E-state index in [9.17, 15) is 0 Å². The second-order valence-electron chi connectivity index (χ2n) is 6.71. The van der Waals surface area contributed by atoms with Crippen molar-refractivity contribution in [2.24, 2.45) is 0 Å². The Morgan fingerprint density at radius 3 is 2.75 bits per heavy atom. The van der Waals surface area contributed by atoms with Crippen molar-refractivity contribution >= 4 is 0 Å². The number of hydrogen-bond acceptors (Lipinski definition) is 5. The molecule has 2 heterocycles. The molecule has 0 saturated carbocycles. The van der Waals surface area contributed by atoms with Crippen molar-refractivity contribution in [2.75, 3.05) is 33.3 Å². The molecule has 0 unspecified atom stereocenters. The Hall–Kier alpha value is -1.69. The molecule has 0 N–H and O–H groups in total. The van der Waals surface area contributed by atoms with Crippen molar-refractivity contribution < 1.29 is 9.26 Å². The molecule has 130 valence electrons.